The second-order valence-electron chi connectivity index (χ2n) is 7.73. The summed E-state index contributed by atoms with van der Waals surface area (Å²) in [7, 11) is 0. The van der Waals surface area contributed by atoms with Crippen molar-refractivity contribution in [2.75, 3.05) is 5.73 Å². The standard InChI is InChI=1S/C21H20N6S2/c22-19-18-15(12-9-23-11-24-10-12)8-16(17-6-7-25-27(17)13-4-5-13)26-20(18)29-21(19)28-14-2-1-3-14/h6-11,13-14H,1-5,22H2. The first-order valence-corrected chi connectivity index (χ1v) is 11.7. The quantitative estimate of drug-likeness (QED) is 0.479. The first kappa shape index (κ1) is 17.4. The van der Waals surface area contributed by atoms with Gasteiger partial charge in [0.15, 0.2) is 0 Å². The van der Waals surface area contributed by atoms with Crippen LogP contribution in [0.3, 0.4) is 0 Å². The lowest BCUT2D eigenvalue weighted by Gasteiger charge is -2.23. The van der Waals surface area contributed by atoms with E-state index >= 15 is 0 Å². The number of thiophene rings is 1. The number of nitrogen functional groups attached to an aromatic ring is 1. The van der Waals surface area contributed by atoms with Gasteiger partial charge >= 0.3 is 0 Å². The number of thioether (sulfide) groups is 1. The third-order valence-electron chi connectivity index (χ3n) is 5.69. The second-order valence-corrected chi connectivity index (χ2v) is 10.3. The van der Waals surface area contributed by atoms with E-state index in [0.29, 0.717) is 11.3 Å². The first-order chi connectivity index (χ1) is 14.3. The van der Waals surface area contributed by atoms with Crippen molar-refractivity contribution in [3.8, 4) is 22.5 Å². The van der Waals surface area contributed by atoms with Crippen LogP contribution >= 0.6 is 23.1 Å². The molecule has 146 valence electrons. The highest BCUT2D eigenvalue weighted by molar-refractivity contribution is 8.02. The molecule has 0 aliphatic heterocycles. The molecule has 0 amide bonds. The van der Waals surface area contributed by atoms with E-state index in [2.05, 4.69) is 31.9 Å². The minimum Gasteiger partial charge on any atom is -0.397 e. The molecule has 2 fully saturated rings. The monoisotopic (exact) mass is 420 g/mol. The normalized spacial score (nSPS) is 17.0. The predicted octanol–water partition coefficient (Wildman–Crippen LogP) is 5.18. The van der Waals surface area contributed by atoms with Crippen molar-refractivity contribution in [2.45, 2.75) is 47.6 Å². The molecule has 2 aliphatic rings. The molecule has 0 atom stereocenters. The Morgan fingerprint density at radius 2 is 1.97 bits per heavy atom. The Morgan fingerprint density at radius 1 is 1.14 bits per heavy atom. The number of fused-ring (bicyclic) bond motifs is 1. The molecular weight excluding hydrogens is 400 g/mol. The summed E-state index contributed by atoms with van der Waals surface area (Å²) in [6, 6.07) is 4.68. The summed E-state index contributed by atoms with van der Waals surface area (Å²) in [6.07, 6.45) is 13.4. The summed E-state index contributed by atoms with van der Waals surface area (Å²) in [5.74, 6) is 0. The van der Waals surface area contributed by atoms with E-state index in [9.17, 15) is 0 Å². The van der Waals surface area contributed by atoms with Gasteiger partial charge in [-0.25, -0.2) is 15.0 Å². The number of anilines is 1. The molecule has 6 rings (SSSR count). The largest absolute Gasteiger partial charge is 0.397 e. The van der Waals surface area contributed by atoms with E-state index in [4.69, 9.17) is 10.7 Å². The number of pyridine rings is 1. The van der Waals surface area contributed by atoms with E-state index in [1.165, 1.54) is 36.3 Å². The van der Waals surface area contributed by atoms with Crippen LogP contribution < -0.4 is 5.73 Å². The summed E-state index contributed by atoms with van der Waals surface area (Å²) in [5, 5.41) is 6.25. The highest BCUT2D eigenvalue weighted by Crippen LogP contribution is 2.49. The molecule has 0 bridgehead atoms. The lowest BCUT2D eigenvalue weighted by Crippen LogP contribution is -2.12. The van der Waals surface area contributed by atoms with Gasteiger partial charge in [0.2, 0.25) is 0 Å². The molecule has 2 N–H and O–H groups in total. The topological polar surface area (TPSA) is 82.5 Å². The van der Waals surface area contributed by atoms with Gasteiger partial charge in [-0.3, -0.25) is 4.68 Å². The maximum atomic E-state index is 6.65. The van der Waals surface area contributed by atoms with Gasteiger partial charge in [0.05, 0.1) is 27.3 Å². The van der Waals surface area contributed by atoms with Gasteiger partial charge in [-0.15, -0.1) is 23.1 Å². The molecule has 0 unspecified atom stereocenters. The zero-order valence-corrected chi connectivity index (χ0v) is 17.4. The van der Waals surface area contributed by atoms with Crippen LogP contribution in [0.1, 0.15) is 38.1 Å². The Hall–Kier alpha value is -2.45. The van der Waals surface area contributed by atoms with Crippen molar-refractivity contribution in [3.05, 3.63) is 37.1 Å². The maximum Gasteiger partial charge on any atom is 0.127 e. The van der Waals surface area contributed by atoms with E-state index in [1.54, 1.807) is 17.7 Å². The summed E-state index contributed by atoms with van der Waals surface area (Å²) >= 11 is 3.62. The minimum absolute atomic E-state index is 0.499. The molecule has 4 aromatic heterocycles. The van der Waals surface area contributed by atoms with Crippen molar-refractivity contribution in [3.63, 3.8) is 0 Å². The SMILES string of the molecule is Nc1c(SC2CCC2)sc2nc(-c3ccnn3C3CC3)cc(-c3cncnc3)c12. The molecular formula is C21H20N6S2. The molecule has 4 heterocycles. The molecule has 6 nitrogen and oxygen atoms in total. The molecule has 2 aliphatic carbocycles. The van der Waals surface area contributed by atoms with Crippen molar-refractivity contribution < 1.29 is 0 Å². The molecule has 0 radical (unpaired) electrons. The Balaban J connectivity index is 1.55. The fraction of sp³-hybridized carbons (Fsp3) is 0.333. The van der Waals surface area contributed by atoms with Gasteiger partial charge in [-0.2, -0.15) is 5.10 Å². The molecule has 0 aromatic carbocycles. The Bertz CT molecular complexity index is 1190. The van der Waals surface area contributed by atoms with Crippen molar-refractivity contribution in [1.82, 2.24) is 24.7 Å². The lowest BCUT2D eigenvalue weighted by atomic mass is 10.0. The van der Waals surface area contributed by atoms with Crippen LogP contribution in [0.15, 0.2) is 41.3 Å². The summed E-state index contributed by atoms with van der Waals surface area (Å²) in [4.78, 5) is 14.5. The number of hydrogen-bond acceptors (Lipinski definition) is 7. The number of hydrogen-bond donors (Lipinski definition) is 1. The molecule has 2 saturated carbocycles. The molecule has 0 spiro atoms. The first-order valence-electron chi connectivity index (χ1n) is 9.97. The van der Waals surface area contributed by atoms with Crippen LogP contribution in [0.5, 0.6) is 0 Å². The lowest BCUT2D eigenvalue weighted by molar-refractivity contribution is 0.522. The van der Waals surface area contributed by atoms with E-state index < -0.39 is 0 Å². The highest BCUT2D eigenvalue weighted by Gasteiger charge is 2.28. The minimum atomic E-state index is 0.499. The zero-order chi connectivity index (χ0) is 19.4. The molecule has 0 saturated heterocycles. The van der Waals surface area contributed by atoms with E-state index in [0.717, 1.165) is 38.4 Å². The van der Waals surface area contributed by atoms with Gasteiger partial charge < -0.3 is 5.73 Å². The van der Waals surface area contributed by atoms with E-state index in [-0.39, 0.29) is 0 Å². The average Bonchev–Trinajstić information content (AvgIpc) is 3.36. The van der Waals surface area contributed by atoms with Gasteiger partial charge in [-0.05, 0) is 43.4 Å². The summed E-state index contributed by atoms with van der Waals surface area (Å²) < 4.78 is 3.30. The Kier molecular flexibility index (Phi) is 4.09. The van der Waals surface area contributed by atoms with Gasteiger partial charge in [0.25, 0.3) is 0 Å². The molecule has 4 aromatic rings. The van der Waals surface area contributed by atoms with Crippen molar-refractivity contribution in [2.24, 2.45) is 0 Å². The number of aromatic nitrogens is 5. The fourth-order valence-electron chi connectivity index (χ4n) is 3.75. The predicted molar refractivity (Wildman–Crippen MR) is 118 cm³/mol. The van der Waals surface area contributed by atoms with Gasteiger partial charge in [0, 0.05) is 34.8 Å². The van der Waals surface area contributed by atoms with Crippen LogP contribution in [0.25, 0.3) is 32.7 Å². The van der Waals surface area contributed by atoms with Crippen LogP contribution in [0.4, 0.5) is 5.69 Å². The Morgan fingerprint density at radius 3 is 2.69 bits per heavy atom. The molecule has 8 heteroatoms. The highest BCUT2D eigenvalue weighted by atomic mass is 32.2. The van der Waals surface area contributed by atoms with Crippen molar-refractivity contribution >= 4 is 39.0 Å². The smallest absolute Gasteiger partial charge is 0.127 e. The van der Waals surface area contributed by atoms with E-state index in [1.807, 2.05) is 30.4 Å². The summed E-state index contributed by atoms with van der Waals surface area (Å²) in [5.41, 5.74) is 11.5. The second kappa shape index (κ2) is 6.81. The molecule has 29 heavy (non-hydrogen) atoms. The van der Waals surface area contributed by atoms with Crippen LogP contribution in [0.2, 0.25) is 0 Å². The zero-order valence-electron chi connectivity index (χ0n) is 15.8. The fourth-order valence-corrected chi connectivity index (χ4v) is 6.54. The van der Waals surface area contributed by atoms with Crippen LogP contribution in [-0.2, 0) is 0 Å². The van der Waals surface area contributed by atoms with Crippen molar-refractivity contribution in [1.29, 1.82) is 0 Å². The summed E-state index contributed by atoms with van der Waals surface area (Å²) in [6.45, 7) is 0. The van der Waals surface area contributed by atoms with Gasteiger partial charge in [-0.1, -0.05) is 6.42 Å². The Labute approximate surface area is 176 Å². The number of rotatable bonds is 5. The average molecular weight is 421 g/mol. The third-order valence-corrected chi connectivity index (χ3v) is 8.36. The number of nitrogens with two attached hydrogens (primary N) is 1. The maximum absolute atomic E-state index is 6.65. The number of nitrogens with zero attached hydrogens (tertiary/aromatic N) is 5. The van der Waals surface area contributed by atoms with Gasteiger partial charge in [0.1, 0.15) is 11.2 Å². The van der Waals surface area contributed by atoms with Crippen LogP contribution in [0, 0.1) is 0 Å². The van der Waals surface area contributed by atoms with Crippen LogP contribution in [-0.4, -0.2) is 30.0 Å². The third kappa shape index (κ3) is 3.02.